The van der Waals surface area contributed by atoms with E-state index in [2.05, 4.69) is 10.4 Å². The Morgan fingerprint density at radius 3 is 2.78 bits per heavy atom. The first-order valence-corrected chi connectivity index (χ1v) is 5.00. The number of phenolic OH excluding ortho intramolecular Hbond substituents is 1. The number of aromatic hydroxyl groups is 1. The van der Waals surface area contributed by atoms with Crippen molar-refractivity contribution in [1.29, 1.82) is 0 Å². The number of carbonyl (C=O) groups is 1. The first kappa shape index (κ1) is 12.0. The molecule has 0 saturated carbocycles. The molecule has 0 aliphatic rings. The summed E-state index contributed by atoms with van der Waals surface area (Å²) < 4.78 is 24.9. The summed E-state index contributed by atoms with van der Waals surface area (Å²) in [5, 5.41) is 15.1. The highest BCUT2D eigenvalue weighted by Crippen LogP contribution is 2.16. The Bertz CT molecular complexity index is 569. The summed E-state index contributed by atoms with van der Waals surface area (Å²) in [4.78, 5) is 11.6. The lowest BCUT2D eigenvalue weighted by molar-refractivity contribution is 0.0561. The fourth-order valence-corrected chi connectivity index (χ4v) is 1.35. The molecule has 1 aromatic carbocycles. The average Bonchev–Trinajstić information content (AvgIpc) is 2.78. The molecule has 1 heterocycles. The molecule has 0 unspecified atom stereocenters. The summed E-state index contributed by atoms with van der Waals surface area (Å²) in [6.45, 7) is -2.78. The van der Waals surface area contributed by atoms with Crippen LogP contribution in [-0.4, -0.2) is 20.8 Å². The van der Waals surface area contributed by atoms with E-state index in [-0.39, 0.29) is 11.4 Å². The van der Waals surface area contributed by atoms with Crippen molar-refractivity contribution in [3.8, 4) is 5.75 Å². The van der Waals surface area contributed by atoms with E-state index < -0.39 is 12.5 Å². The fourth-order valence-electron chi connectivity index (χ4n) is 1.35. The van der Waals surface area contributed by atoms with Gasteiger partial charge in [-0.2, -0.15) is 13.9 Å². The fraction of sp³-hybridized carbons (Fsp3) is 0.0909. The number of carbonyl (C=O) groups excluding carboxylic acids is 1. The van der Waals surface area contributed by atoms with E-state index in [0.29, 0.717) is 10.4 Å². The van der Waals surface area contributed by atoms with Gasteiger partial charge in [-0.25, -0.2) is 4.68 Å². The molecule has 5 nitrogen and oxygen atoms in total. The van der Waals surface area contributed by atoms with Crippen molar-refractivity contribution in [2.24, 2.45) is 0 Å². The summed E-state index contributed by atoms with van der Waals surface area (Å²) >= 11 is 0. The van der Waals surface area contributed by atoms with Gasteiger partial charge in [0.15, 0.2) is 5.69 Å². The summed E-state index contributed by atoms with van der Waals surface area (Å²) in [7, 11) is 0. The standard InChI is InChI=1S/C11H9F2N3O2/c12-11(13)16-5-4-9(15-16)10(18)14-7-2-1-3-8(17)6-7/h1-6,11,17H,(H,14,18). The van der Waals surface area contributed by atoms with Crippen molar-refractivity contribution in [3.05, 3.63) is 42.2 Å². The largest absolute Gasteiger partial charge is 0.508 e. The van der Waals surface area contributed by atoms with Crippen molar-refractivity contribution in [2.75, 3.05) is 5.32 Å². The zero-order valence-electron chi connectivity index (χ0n) is 9.05. The summed E-state index contributed by atoms with van der Waals surface area (Å²) in [6, 6.07) is 7.07. The number of halogens is 2. The van der Waals surface area contributed by atoms with E-state index in [1.807, 2.05) is 0 Å². The lowest BCUT2D eigenvalue weighted by Gasteiger charge is -2.03. The van der Waals surface area contributed by atoms with Gasteiger partial charge in [-0.1, -0.05) is 6.07 Å². The number of anilines is 1. The first-order chi connectivity index (χ1) is 8.56. The predicted octanol–water partition coefficient (Wildman–Crippen LogP) is 2.24. The maximum Gasteiger partial charge on any atom is 0.333 e. The Morgan fingerprint density at radius 2 is 2.17 bits per heavy atom. The lowest BCUT2D eigenvalue weighted by Crippen LogP contribution is -2.13. The summed E-state index contributed by atoms with van der Waals surface area (Å²) in [5.41, 5.74) is 0.227. The number of benzene rings is 1. The van der Waals surface area contributed by atoms with E-state index >= 15 is 0 Å². The molecule has 2 aromatic rings. The number of hydrogen-bond donors (Lipinski definition) is 2. The average molecular weight is 253 g/mol. The SMILES string of the molecule is O=C(Nc1cccc(O)c1)c1ccn(C(F)F)n1. The molecule has 0 bridgehead atoms. The van der Waals surface area contributed by atoms with Crippen LogP contribution in [0.3, 0.4) is 0 Å². The number of aromatic nitrogens is 2. The smallest absolute Gasteiger partial charge is 0.333 e. The van der Waals surface area contributed by atoms with Crippen LogP contribution >= 0.6 is 0 Å². The molecule has 0 aliphatic heterocycles. The van der Waals surface area contributed by atoms with Gasteiger partial charge in [0.2, 0.25) is 0 Å². The number of hydrogen-bond acceptors (Lipinski definition) is 3. The van der Waals surface area contributed by atoms with Crippen molar-refractivity contribution in [1.82, 2.24) is 9.78 Å². The zero-order chi connectivity index (χ0) is 13.1. The quantitative estimate of drug-likeness (QED) is 0.881. The van der Waals surface area contributed by atoms with Gasteiger partial charge in [0, 0.05) is 18.0 Å². The van der Waals surface area contributed by atoms with Crippen molar-refractivity contribution in [2.45, 2.75) is 6.55 Å². The van der Waals surface area contributed by atoms with Crippen LogP contribution < -0.4 is 5.32 Å². The number of nitrogens with zero attached hydrogens (tertiary/aromatic N) is 2. The Hall–Kier alpha value is -2.44. The minimum absolute atomic E-state index is 0.00842. The highest BCUT2D eigenvalue weighted by Gasteiger charge is 2.13. The zero-order valence-corrected chi connectivity index (χ0v) is 9.05. The van der Waals surface area contributed by atoms with Crippen LogP contribution in [0.2, 0.25) is 0 Å². The maximum absolute atomic E-state index is 12.3. The Kier molecular flexibility index (Phi) is 3.22. The van der Waals surface area contributed by atoms with Crippen molar-refractivity contribution in [3.63, 3.8) is 0 Å². The van der Waals surface area contributed by atoms with Gasteiger partial charge in [0.05, 0.1) is 0 Å². The van der Waals surface area contributed by atoms with Gasteiger partial charge in [0.1, 0.15) is 5.75 Å². The van der Waals surface area contributed by atoms with Gasteiger partial charge in [0.25, 0.3) is 5.91 Å². The van der Waals surface area contributed by atoms with Crippen LogP contribution in [0.25, 0.3) is 0 Å². The van der Waals surface area contributed by atoms with E-state index in [1.54, 1.807) is 12.1 Å². The first-order valence-electron chi connectivity index (χ1n) is 5.00. The van der Waals surface area contributed by atoms with E-state index in [4.69, 9.17) is 0 Å². The minimum Gasteiger partial charge on any atom is -0.508 e. The number of nitrogens with one attached hydrogen (secondary N) is 1. The molecule has 2 rings (SSSR count). The highest BCUT2D eigenvalue weighted by molar-refractivity contribution is 6.02. The van der Waals surface area contributed by atoms with Crippen molar-refractivity contribution >= 4 is 11.6 Å². The Balaban J connectivity index is 2.12. The van der Waals surface area contributed by atoms with Crippen LogP contribution in [0.15, 0.2) is 36.5 Å². The molecule has 0 spiro atoms. The van der Waals surface area contributed by atoms with E-state index in [9.17, 15) is 18.7 Å². The molecule has 7 heteroatoms. The summed E-state index contributed by atoms with van der Waals surface area (Å²) in [6.07, 6.45) is 1.02. The molecular weight excluding hydrogens is 244 g/mol. The second-order valence-corrected chi connectivity index (χ2v) is 3.46. The molecule has 0 fully saturated rings. The molecule has 94 valence electrons. The molecule has 2 N–H and O–H groups in total. The lowest BCUT2D eigenvalue weighted by atomic mass is 10.3. The molecule has 0 atom stereocenters. The second-order valence-electron chi connectivity index (χ2n) is 3.46. The third-order valence-electron chi connectivity index (χ3n) is 2.14. The van der Waals surface area contributed by atoms with Crippen LogP contribution in [0.1, 0.15) is 17.0 Å². The summed E-state index contributed by atoms with van der Waals surface area (Å²) in [5.74, 6) is -0.633. The highest BCUT2D eigenvalue weighted by atomic mass is 19.3. The number of alkyl halides is 2. The molecule has 0 saturated heterocycles. The van der Waals surface area contributed by atoms with Gasteiger partial charge in [-0.15, -0.1) is 0 Å². The van der Waals surface area contributed by atoms with Gasteiger partial charge < -0.3 is 10.4 Å². The molecule has 1 aromatic heterocycles. The van der Waals surface area contributed by atoms with E-state index in [1.165, 1.54) is 18.2 Å². The van der Waals surface area contributed by atoms with Gasteiger partial charge in [-0.05, 0) is 18.2 Å². The molecular formula is C11H9F2N3O2. The van der Waals surface area contributed by atoms with Crippen molar-refractivity contribution < 1.29 is 18.7 Å². The maximum atomic E-state index is 12.3. The Morgan fingerprint density at radius 1 is 1.39 bits per heavy atom. The molecule has 0 aliphatic carbocycles. The molecule has 1 amide bonds. The second kappa shape index (κ2) is 4.82. The van der Waals surface area contributed by atoms with E-state index in [0.717, 1.165) is 6.20 Å². The topological polar surface area (TPSA) is 67.2 Å². The minimum atomic E-state index is -2.78. The van der Waals surface area contributed by atoms with Crippen LogP contribution in [0, 0.1) is 0 Å². The normalized spacial score (nSPS) is 10.6. The van der Waals surface area contributed by atoms with Gasteiger partial charge in [-0.3, -0.25) is 4.79 Å². The van der Waals surface area contributed by atoms with Crippen LogP contribution in [-0.2, 0) is 0 Å². The Labute approximate surface area is 101 Å². The molecule has 0 radical (unpaired) electrons. The number of amides is 1. The third-order valence-corrected chi connectivity index (χ3v) is 2.14. The third kappa shape index (κ3) is 2.62. The van der Waals surface area contributed by atoms with Crippen LogP contribution in [0.4, 0.5) is 14.5 Å². The van der Waals surface area contributed by atoms with Gasteiger partial charge >= 0.3 is 6.55 Å². The monoisotopic (exact) mass is 253 g/mol. The van der Waals surface area contributed by atoms with Crippen LogP contribution in [0.5, 0.6) is 5.75 Å². The predicted molar refractivity (Wildman–Crippen MR) is 59.5 cm³/mol. The number of phenols is 1. The number of rotatable bonds is 3. The molecule has 18 heavy (non-hydrogen) atoms.